The van der Waals surface area contributed by atoms with E-state index in [0.717, 1.165) is 25.9 Å². The van der Waals surface area contributed by atoms with Crippen molar-refractivity contribution in [2.24, 2.45) is 5.73 Å². The molecule has 1 spiro atoms. The molecule has 0 aromatic carbocycles. The van der Waals surface area contributed by atoms with Crippen LogP contribution in [0.15, 0.2) is 0 Å². The Hall–Kier alpha value is -0.120. The first kappa shape index (κ1) is 8.48. The quantitative estimate of drug-likeness (QED) is 0.630. The number of nitrogens with two attached hydrogens (primary N) is 1. The smallest absolute Gasteiger partial charge is 0.0944 e. The second kappa shape index (κ2) is 2.98. The van der Waals surface area contributed by atoms with E-state index >= 15 is 0 Å². The first-order chi connectivity index (χ1) is 5.74. The summed E-state index contributed by atoms with van der Waals surface area (Å²) in [4.78, 5) is 0. The summed E-state index contributed by atoms with van der Waals surface area (Å²) in [6, 6.07) is 0. The standard InChI is InChI=1S/C9H17NO2/c1-7-4-9(6-11-7)3-2-8(5-10)12-9/h7-8H,2-6,10H2,1H3/t7-,8-,9+/m1/s1. The molecule has 0 aromatic heterocycles. The maximum absolute atomic E-state index is 5.88. The molecule has 2 saturated heterocycles. The molecule has 2 fully saturated rings. The highest BCUT2D eigenvalue weighted by molar-refractivity contribution is 4.94. The second-order valence-corrected chi connectivity index (χ2v) is 4.02. The monoisotopic (exact) mass is 171 g/mol. The molecule has 0 unspecified atom stereocenters. The molecule has 0 saturated carbocycles. The zero-order valence-corrected chi connectivity index (χ0v) is 7.58. The molecule has 0 aromatic rings. The molecule has 2 rings (SSSR count). The minimum Gasteiger partial charge on any atom is -0.375 e. The third-order valence-electron chi connectivity index (χ3n) is 2.89. The zero-order chi connectivity index (χ0) is 8.60. The Bertz CT molecular complexity index is 174. The van der Waals surface area contributed by atoms with Crippen LogP contribution in [0.5, 0.6) is 0 Å². The van der Waals surface area contributed by atoms with Crippen molar-refractivity contribution in [1.29, 1.82) is 0 Å². The van der Waals surface area contributed by atoms with E-state index in [1.54, 1.807) is 0 Å². The normalized spacial score (nSPS) is 47.5. The summed E-state index contributed by atoms with van der Waals surface area (Å²) in [5.41, 5.74) is 5.58. The highest BCUT2D eigenvalue weighted by Crippen LogP contribution is 2.38. The lowest BCUT2D eigenvalue weighted by Gasteiger charge is -2.21. The third-order valence-corrected chi connectivity index (χ3v) is 2.89. The van der Waals surface area contributed by atoms with Gasteiger partial charge in [-0.1, -0.05) is 0 Å². The highest BCUT2D eigenvalue weighted by Gasteiger charge is 2.45. The molecule has 2 aliphatic heterocycles. The molecule has 12 heavy (non-hydrogen) atoms. The Morgan fingerprint density at radius 1 is 1.58 bits per heavy atom. The van der Waals surface area contributed by atoms with Crippen LogP contribution in [0.3, 0.4) is 0 Å². The maximum Gasteiger partial charge on any atom is 0.0944 e. The van der Waals surface area contributed by atoms with E-state index in [-0.39, 0.29) is 11.7 Å². The van der Waals surface area contributed by atoms with Gasteiger partial charge in [0.15, 0.2) is 0 Å². The molecule has 2 N–H and O–H groups in total. The van der Waals surface area contributed by atoms with E-state index < -0.39 is 0 Å². The minimum absolute atomic E-state index is 0.0312. The average molecular weight is 171 g/mol. The molecular formula is C9H17NO2. The lowest BCUT2D eigenvalue weighted by molar-refractivity contribution is -0.0413. The fraction of sp³-hybridized carbons (Fsp3) is 1.00. The van der Waals surface area contributed by atoms with Crippen molar-refractivity contribution < 1.29 is 9.47 Å². The molecular weight excluding hydrogens is 154 g/mol. The van der Waals surface area contributed by atoms with Gasteiger partial charge in [-0.3, -0.25) is 0 Å². The van der Waals surface area contributed by atoms with Crippen molar-refractivity contribution in [3.05, 3.63) is 0 Å². The topological polar surface area (TPSA) is 44.5 Å². The van der Waals surface area contributed by atoms with E-state index in [0.29, 0.717) is 12.6 Å². The van der Waals surface area contributed by atoms with Crippen LogP contribution in [-0.4, -0.2) is 31.0 Å². The van der Waals surface area contributed by atoms with Gasteiger partial charge >= 0.3 is 0 Å². The van der Waals surface area contributed by atoms with Gasteiger partial charge < -0.3 is 15.2 Å². The fourth-order valence-corrected chi connectivity index (χ4v) is 2.25. The Morgan fingerprint density at radius 2 is 2.42 bits per heavy atom. The van der Waals surface area contributed by atoms with Crippen LogP contribution in [0, 0.1) is 0 Å². The van der Waals surface area contributed by atoms with Crippen molar-refractivity contribution in [3.8, 4) is 0 Å². The van der Waals surface area contributed by atoms with Gasteiger partial charge in [-0.05, 0) is 19.8 Å². The van der Waals surface area contributed by atoms with Gasteiger partial charge in [-0.15, -0.1) is 0 Å². The molecule has 3 nitrogen and oxygen atoms in total. The number of ether oxygens (including phenoxy) is 2. The number of hydrogen-bond donors (Lipinski definition) is 1. The van der Waals surface area contributed by atoms with Crippen LogP contribution in [0.4, 0.5) is 0 Å². The first-order valence-electron chi connectivity index (χ1n) is 4.74. The minimum atomic E-state index is 0.0312. The maximum atomic E-state index is 5.88. The fourth-order valence-electron chi connectivity index (χ4n) is 2.25. The average Bonchev–Trinajstić information content (AvgIpc) is 2.61. The van der Waals surface area contributed by atoms with Gasteiger partial charge in [0.05, 0.1) is 24.4 Å². The predicted molar refractivity (Wildman–Crippen MR) is 45.9 cm³/mol. The molecule has 2 heterocycles. The van der Waals surface area contributed by atoms with Crippen molar-refractivity contribution in [3.63, 3.8) is 0 Å². The van der Waals surface area contributed by atoms with E-state index in [9.17, 15) is 0 Å². The molecule has 0 radical (unpaired) electrons. The molecule has 3 atom stereocenters. The third kappa shape index (κ3) is 1.37. The second-order valence-electron chi connectivity index (χ2n) is 4.02. The van der Waals surface area contributed by atoms with Gasteiger partial charge in [-0.25, -0.2) is 0 Å². The van der Waals surface area contributed by atoms with Crippen LogP contribution in [-0.2, 0) is 9.47 Å². The SMILES string of the molecule is C[C@@H]1C[C@@]2(CC[C@H](CN)O2)CO1. The Labute approximate surface area is 73.2 Å². The van der Waals surface area contributed by atoms with Crippen LogP contribution in [0.2, 0.25) is 0 Å². The van der Waals surface area contributed by atoms with Crippen LogP contribution in [0.1, 0.15) is 26.2 Å². The molecule has 0 aliphatic carbocycles. The molecule has 3 heteroatoms. The van der Waals surface area contributed by atoms with Crippen LogP contribution >= 0.6 is 0 Å². The summed E-state index contributed by atoms with van der Waals surface area (Å²) in [5, 5.41) is 0. The van der Waals surface area contributed by atoms with Crippen molar-refractivity contribution in [1.82, 2.24) is 0 Å². The highest BCUT2D eigenvalue weighted by atomic mass is 16.6. The lowest BCUT2D eigenvalue weighted by atomic mass is 9.97. The first-order valence-corrected chi connectivity index (χ1v) is 4.74. The van der Waals surface area contributed by atoms with Gasteiger partial charge in [0, 0.05) is 13.0 Å². The lowest BCUT2D eigenvalue weighted by Crippen LogP contribution is -2.31. The van der Waals surface area contributed by atoms with Gasteiger partial charge in [0.25, 0.3) is 0 Å². The van der Waals surface area contributed by atoms with Gasteiger partial charge in [-0.2, -0.15) is 0 Å². The van der Waals surface area contributed by atoms with Crippen LogP contribution in [0.25, 0.3) is 0 Å². The summed E-state index contributed by atoms with van der Waals surface area (Å²) in [5.74, 6) is 0. The van der Waals surface area contributed by atoms with Crippen LogP contribution < -0.4 is 5.73 Å². The molecule has 2 aliphatic rings. The van der Waals surface area contributed by atoms with E-state index in [1.165, 1.54) is 0 Å². The summed E-state index contributed by atoms with van der Waals surface area (Å²) in [7, 11) is 0. The van der Waals surface area contributed by atoms with Crippen molar-refractivity contribution in [2.45, 2.75) is 44.0 Å². The predicted octanol–water partition coefficient (Wildman–Crippen LogP) is 0.672. The van der Waals surface area contributed by atoms with E-state index in [4.69, 9.17) is 15.2 Å². The summed E-state index contributed by atoms with van der Waals surface area (Å²) in [6.45, 7) is 3.52. The summed E-state index contributed by atoms with van der Waals surface area (Å²) >= 11 is 0. The van der Waals surface area contributed by atoms with E-state index in [2.05, 4.69) is 6.92 Å². The van der Waals surface area contributed by atoms with Gasteiger partial charge in [0.2, 0.25) is 0 Å². The number of hydrogen-bond acceptors (Lipinski definition) is 3. The Morgan fingerprint density at radius 3 is 2.92 bits per heavy atom. The van der Waals surface area contributed by atoms with Crippen molar-refractivity contribution >= 4 is 0 Å². The van der Waals surface area contributed by atoms with E-state index in [1.807, 2.05) is 0 Å². The Balaban J connectivity index is 1.97. The molecule has 70 valence electrons. The molecule has 0 bridgehead atoms. The summed E-state index contributed by atoms with van der Waals surface area (Å²) in [6.07, 6.45) is 3.91. The van der Waals surface area contributed by atoms with Crippen molar-refractivity contribution in [2.75, 3.05) is 13.2 Å². The number of rotatable bonds is 1. The largest absolute Gasteiger partial charge is 0.375 e. The zero-order valence-electron chi connectivity index (χ0n) is 7.58. The summed E-state index contributed by atoms with van der Waals surface area (Å²) < 4.78 is 11.4. The molecule has 0 amide bonds. The van der Waals surface area contributed by atoms with Gasteiger partial charge in [0.1, 0.15) is 0 Å². The Kier molecular flexibility index (Phi) is 2.10.